The molecule has 1 atom stereocenters. The van der Waals surface area contributed by atoms with E-state index in [0.717, 1.165) is 34.4 Å². The van der Waals surface area contributed by atoms with Gasteiger partial charge in [-0.05, 0) is 39.9 Å². The first-order chi connectivity index (χ1) is 15.3. The van der Waals surface area contributed by atoms with Crippen molar-refractivity contribution in [1.29, 1.82) is 0 Å². The molecule has 164 valence electrons. The van der Waals surface area contributed by atoms with Crippen molar-refractivity contribution in [3.05, 3.63) is 89.0 Å². The Kier molecular flexibility index (Phi) is 5.77. The lowest BCUT2D eigenvalue weighted by molar-refractivity contribution is -0.139. The van der Waals surface area contributed by atoms with Crippen LogP contribution in [-0.4, -0.2) is 34.9 Å². The van der Waals surface area contributed by atoms with Gasteiger partial charge in [-0.3, -0.25) is 0 Å². The number of hydrogen-bond donors (Lipinski definition) is 3. The molecule has 0 bridgehead atoms. The number of phenolic OH excluding ortho intramolecular Hbond substituents is 1. The minimum absolute atomic E-state index is 0.00529. The summed E-state index contributed by atoms with van der Waals surface area (Å²) in [5.74, 6) is -5.18. The highest BCUT2D eigenvalue weighted by Crippen LogP contribution is 2.44. The summed E-state index contributed by atoms with van der Waals surface area (Å²) < 4.78 is 32.4. The Labute approximate surface area is 182 Å². The zero-order valence-electron chi connectivity index (χ0n) is 16.7. The number of carbonyl (C=O) groups excluding carboxylic acids is 1. The average Bonchev–Trinajstić information content (AvgIpc) is 3.09. The molecule has 1 aliphatic carbocycles. The monoisotopic (exact) mass is 439 g/mol. The standard InChI is InChI=1S/C24H19F2NO5/c25-19-9-13(10-20(26)22(19)28)11-21(23(29)30)27-24(31)32-12-18-16-7-3-1-5-14(16)15-6-2-4-8-17(15)18/h1-10,18,21,28H,11-12H2,(H,27,31)(H,29,30). The Balaban J connectivity index is 1.44. The van der Waals surface area contributed by atoms with Crippen LogP contribution >= 0.6 is 0 Å². The molecule has 0 saturated heterocycles. The lowest BCUT2D eigenvalue weighted by atomic mass is 9.98. The number of halogens is 2. The summed E-state index contributed by atoms with van der Waals surface area (Å²) >= 11 is 0. The molecule has 0 radical (unpaired) electrons. The van der Waals surface area contributed by atoms with E-state index in [2.05, 4.69) is 5.32 Å². The summed E-state index contributed by atoms with van der Waals surface area (Å²) in [6.45, 7) is -0.00529. The van der Waals surface area contributed by atoms with Crippen LogP contribution in [0.5, 0.6) is 5.75 Å². The number of aromatic hydroxyl groups is 1. The fraction of sp³-hybridized carbons (Fsp3) is 0.167. The van der Waals surface area contributed by atoms with Crippen LogP contribution in [-0.2, 0) is 16.0 Å². The minimum atomic E-state index is -1.48. The molecule has 3 aromatic rings. The van der Waals surface area contributed by atoms with E-state index < -0.39 is 41.9 Å². The molecule has 0 saturated carbocycles. The van der Waals surface area contributed by atoms with Crippen LogP contribution in [0.2, 0.25) is 0 Å². The number of carbonyl (C=O) groups is 2. The third kappa shape index (κ3) is 4.12. The number of alkyl carbamates (subject to hydrolysis) is 1. The van der Waals surface area contributed by atoms with Gasteiger partial charge in [0, 0.05) is 12.3 Å². The Hall–Kier alpha value is -3.94. The van der Waals surface area contributed by atoms with E-state index >= 15 is 0 Å². The molecule has 32 heavy (non-hydrogen) atoms. The van der Waals surface area contributed by atoms with Gasteiger partial charge in [0.1, 0.15) is 12.6 Å². The first-order valence-electron chi connectivity index (χ1n) is 9.86. The quantitative estimate of drug-likeness (QED) is 0.535. The Morgan fingerprint density at radius 1 is 0.969 bits per heavy atom. The number of ether oxygens (including phenoxy) is 1. The Morgan fingerprint density at radius 3 is 2.03 bits per heavy atom. The van der Waals surface area contributed by atoms with Gasteiger partial charge >= 0.3 is 12.1 Å². The van der Waals surface area contributed by atoms with Gasteiger partial charge < -0.3 is 20.3 Å². The second-order valence-corrected chi connectivity index (χ2v) is 7.47. The number of carboxylic acid groups (broad SMARTS) is 1. The molecule has 1 aliphatic rings. The van der Waals surface area contributed by atoms with Crippen LogP contribution in [0, 0.1) is 11.6 Å². The summed E-state index contributed by atoms with van der Waals surface area (Å²) in [4.78, 5) is 23.9. The zero-order chi connectivity index (χ0) is 22.8. The molecule has 0 spiro atoms. The van der Waals surface area contributed by atoms with E-state index in [1.807, 2.05) is 48.5 Å². The molecule has 1 amide bonds. The number of benzene rings is 3. The Bertz CT molecular complexity index is 1130. The summed E-state index contributed by atoms with van der Waals surface area (Å²) in [7, 11) is 0. The first-order valence-corrected chi connectivity index (χ1v) is 9.86. The van der Waals surface area contributed by atoms with Crippen molar-refractivity contribution < 1.29 is 33.3 Å². The van der Waals surface area contributed by atoms with E-state index in [1.54, 1.807) is 0 Å². The number of hydrogen-bond acceptors (Lipinski definition) is 4. The van der Waals surface area contributed by atoms with Gasteiger partial charge in [0.05, 0.1) is 0 Å². The highest BCUT2D eigenvalue weighted by molar-refractivity contribution is 5.81. The van der Waals surface area contributed by atoms with Gasteiger partial charge in [0.25, 0.3) is 0 Å². The maximum Gasteiger partial charge on any atom is 0.407 e. The molecule has 3 N–H and O–H groups in total. The van der Waals surface area contributed by atoms with Crippen LogP contribution in [0.3, 0.4) is 0 Å². The summed E-state index contributed by atoms with van der Waals surface area (Å²) in [6, 6.07) is 15.7. The largest absolute Gasteiger partial charge is 0.503 e. The lowest BCUT2D eigenvalue weighted by Crippen LogP contribution is -2.43. The first kappa shape index (κ1) is 21.3. The topological polar surface area (TPSA) is 95.9 Å². The van der Waals surface area contributed by atoms with Crippen LogP contribution in [0.4, 0.5) is 13.6 Å². The van der Waals surface area contributed by atoms with Crippen LogP contribution in [0.25, 0.3) is 11.1 Å². The van der Waals surface area contributed by atoms with Crippen molar-refractivity contribution >= 4 is 12.1 Å². The van der Waals surface area contributed by atoms with E-state index in [0.29, 0.717) is 0 Å². The average molecular weight is 439 g/mol. The van der Waals surface area contributed by atoms with Crippen molar-refractivity contribution in [2.24, 2.45) is 0 Å². The van der Waals surface area contributed by atoms with Crippen LogP contribution in [0.1, 0.15) is 22.6 Å². The summed E-state index contributed by atoms with van der Waals surface area (Å²) in [5.41, 5.74) is 4.08. The van der Waals surface area contributed by atoms with Crippen molar-refractivity contribution in [2.45, 2.75) is 18.4 Å². The smallest absolute Gasteiger partial charge is 0.407 e. The second-order valence-electron chi connectivity index (χ2n) is 7.47. The van der Waals surface area contributed by atoms with Crippen molar-refractivity contribution in [1.82, 2.24) is 5.32 Å². The van der Waals surface area contributed by atoms with Crippen molar-refractivity contribution in [3.8, 4) is 16.9 Å². The third-order valence-electron chi connectivity index (χ3n) is 5.45. The van der Waals surface area contributed by atoms with Gasteiger partial charge in [-0.25, -0.2) is 18.4 Å². The summed E-state index contributed by atoms with van der Waals surface area (Å²) in [5, 5.41) is 20.8. The maximum absolute atomic E-state index is 13.5. The minimum Gasteiger partial charge on any atom is -0.503 e. The van der Waals surface area contributed by atoms with Gasteiger partial charge in [-0.1, -0.05) is 48.5 Å². The van der Waals surface area contributed by atoms with Crippen LogP contribution < -0.4 is 5.32 Å². The number of amides is 1. The highest BCUT2D eigenvalue weighted by Gasteiger charge is 2.30. The SMILES string of the molecule is O=C(NC(Cc1cc(F)c(O)c(F)c1)C(=O)O)OCC1c2ccccc2-c2ccccc21. The van der Waals surface area contributed by atoms with E-state index in [1.165, 1.54) is 0 Å². The number of aliphatic carboxylic acids is 1. The molecule has 0 aliphatic heterocycles. The van der Waals surface area contributed by atoms with Crippen molar-refractivity contribution in [2.75, 3.05) is 6.61 Å². The number of rotatable bonds is 6. The maximum atomic E-state index is 13.5. The molecule has 4 rings (SSSR count). The predicted molar refractivity (Wildman–Crippen MR) is 111 cm³/mol. The molecule has 6 nitrogen and oxygen atoms in total. The fourth-order valence-corrected chi connectivity index (χ4v) is 3.95. The van der Waals surface area contributed by atoms with Gasteiger partial charge in [0.2, 0.25) is 0 Å². The van der Waals surface area contributed by atoms with Crippen LogP contribution in [0.15, 0.2) is 60.7 Å². The van der Waals surface area contributed by atoms with Gasteiger partial charge in [-0.15, -0.1) is 0 Å². The fourth-order valence-electron chi connectivity index (χ4n) is 3.95. The molecule has 3 aromatic carbocycles. The van der Waals surface area contributed by atoms with Gasteiger partial charge in [0.15, 0.2) is 17.4 Å². The van der Waals surface area contributed by atoms with Gasteiger partial charge in [-0.2, -0.15) is 0 Å². The molecule has 0 aromatic heterocycles. The molecular weight excluding hydrogens is 420 g/mol. The normalized spacial score (nSPS) is 13.2. The molecule has 1 unspecified atom stereocenters. The number of nitrogens with one attached hydrogen (secondary N) is 1. The van der Waals surface area contributed by atoms with E-state index in [9.17, 15) is 28.6 Å². The summed E-state index contributed by atoms with van der Waals surface area (Å²) in [6.07, 6.45) is -1.35. The number of carboxylic acids is 1. The molecule has 0 heterocycles. The second kappa shape index (κ2) is 8.66. The highest BCUT2D eigenvalue weighted by atomic mass is 19.1. The molecular formula is C24H19F2NO5. The number of phenols is 1. The number of fused-ring (bicyclic) bond motifs is 3. The Morgan fingerprint density at radius 2 is 1.50 bits per heavy atom. The molecule has 8 heteroatoms. The molecule has 0 fully saturated rings. The predicted octanol–water partition coefficient (Wildman–Crippen LogP) is 4.20. The zero-order valence-corrected chi connectivity index (χ0v) is 16.7. The third-order valence-corrected chi connectivity index (χ3v) is 5.45. The van der Waals surface area contributed by atoms with E-state index in [4.69, 9.17) is 4.74 Å². The lowest BCUT2D eigenvalue weighted by Gasteiger charge is -2.17. The van der Waals surface area contributed by atoms with Crippen molar-refractivity contribution in [3.63, 3.8) is 0 Å². The van der Waals surface area contributed by atoms with E-state index in [-0.39, 0.29) is 18.1 Å².